The number of benzene rings is 3. The molecule has 13 heteroatoms. The van der Waals surface area contributed by atoms with E-state index < -0.39 is 23.9 Å². The van der Waals surface area contributed by atoms with E-state index in [-0.39, 0.29) is 48.9 Å². The molecule has 49 heavy (non-hydrogen) atoms. The first kappa shape index (κ1) is 33.5. The molecule has 3 aromatic carbocycles. The van der Waals surface area contributed by atoms with Crippen LogP contribution in [0.25, 0.3) is 11.1 Å². The Morgan fingerprint density at radius 1 is 1.00 bits per heavy atom. The molecule has 1 saturated heterocycles. The van der Waals surface area contributed by atoms with E-state index in [2.05, 4.69) is 20.9 Å². The number of halogens is 1. The molecule has 4 amide bonds. The van der Waals surface area contributed by atoms with Gasteiger partial charge in [0.2, 0.25) is 11.8 Å². The van der Waals surface area contributed by atoms with Crippen LogP contribution in [0.2, 0.25) is 0 Å². The van der Waals surface area contributed by atoms with Crippen molar-refractivity contribution in [2.75, 3.05) is 30.8 Å². The first-order valence-electron chi connectivity index (χ1n) is 15.7. The molecule has 1 aromatic heterocycles. The number of piperidine rings is 1. The van der Waals surface area contributed by atoms with Crippen LogP contribution in [0.1, 0.15) is 29.3 Å². The van der Waals surface area contributed by atoms with Gasteiger partial charge in [0, 0.05) is 61.9 Å². The van der Waals surface area contributed by atoms with Crippen LogP contribution in [-0.4, -0.2) is 71.1 Å². The summed E-state index contributed by atoms with van der Waals surface area (Å²) in [6.45, 7) is 1.71. The van der Waals surface area contributed by atoms with Crippen molar-refractivity contribution in [2.24, 2.45) is 0 Å². The summed E-state index contributed by atoms with van der Waals surface area (Å²) in [7, 11) is 0. The second kappa shape index (κ2) is 15.2. The monoisotopic (exact) mass is 683 g/mol. The second-order valence-corrected chi connectivity index (χ2v) is 12.7. The molecule has 2 atom stereocenters. The van der Waals surface area contributed by atoms with Gasteiger partial charge in [-0.2, -0.15) is 0 Å². The number of anilines is 1. The third-order valence-corrected chi connectivity index (χ3v) is 9.07. The zero-order valence-electron chi connectivity index (χ0n) is 26.6. The van der Waals surface area contributed by atoms with Crippen molar-refractivity contribution in [3.8, 4) is 22.6 Å². The van der Waals surface area contributed by atoms with Gasteiger partial charge < -0.3 is 30.3 Å². The molecular formula is C36H34FN5O6S. The van der Waals surface area contributed by atoms with E-state index in [1.54, 1.807) is 53.6 Å². The highest BCUT2D eigenvalue weighted by atomic mass is 32.2. The Morgan fingerprint density at radius 2 is 1.84 bits per heavy atom. The van der Waals surface area contributed by atoms with Gasteiger partial charge in [-0.05, 0) is 53.6 Å². The Balaban J connectivity index is 1.26. The number of amides is 4. The average molecular weight is 684 g/mol. The fraction of sp³-hybridized carbons (Fsp3) is 0.250. The summed E-state index contributed by atoms with van der Waals surface area (Å²) in [4.78, 5) is 58.1. The molecule has 0 saturated carbocycles. The maximum Gasteiger partial charge on any atom is 0.258 e. The molecule has 0 unspecified atom stereocenters. The number of ether oxygens (including phenoxy) is 2. The molecule has 0 radical (unpaired) electrons. The molecule has 3 N–H and O–H groups in total. The number of rotatable bonds is 4. The predicted octanol–water partition coefficient (Wildman–Crippen LogP) is 4.43. The number of carbonyl (C=O) groups excluding carboxylic acids is 4. The SMILES string of the molecule is CC(=O)Nc1ccccc1SCC(=O)N1CC[C@@H]2Oc3cc(F)cc(c3)CNC(=O)COc3cccc(c3)-c3cncc(c3)C(=O)N[C@@H]2C1. The van der Waals surface area contributed by atoms with Crippen LogP contribution < -0.4 is 25.4 Å². The smallest absolute Gasteiger partial charge is 0.258 e. The van der Waals surface area contributed by atoms with Crippen LogP contribution in [-0.2, 0) is 20.9 Å². The lowest BCUT2D eigenvalue weighted by Crippen LogP contribution is -2.58. The van der Waals surface area contributed by atoms with E-state index in [4.69, 9.17) is 9.47 Å². The number of likely N-dealkylation sites (tertiary alicyclic amines) is 1. The number of aromatic nitrogens is 1. The largest absolute Gasteiger partial charge is 0.488 e. The molecule has 6 rings (SSSR count). The van der Waals surface area contributed by atoms with Crippen LogP contribution in [0.3, 0.4) is 0 Å². The lowest BCUT2D eigenvalue weighted by atomic mass is 10.0. The van der Waals surface area contributed by atoms with E-state index in [1.807, 2.05) is 18.2 Å². The van der Waals surface area contributed by atoms with Crippen molar-refractivity contribution in [3.63, 3.8) is 0 Å². The predicted molar refractivity (Wildman–Crippen MR) is 182 cm³/mol. The van der Waals surface area contributed by atoms with E-state index >= 15 is 0 Å². The Morgan fingerprint density at radius 3 is 2.69 bits per heavy atom. The summed E-state index contributed by atoms with van der Waals surface area (Å²) in [5.74, 6) is -0.925. The molecule has 2 aliphatic rings. The molecule has 0 aliphatic carbocycles. The summed E-state index contributed by atoms with van der Waals surface area (Å²) < 4.78 is 26.7. The number of hydrogen-bond acceptors (Lipinski definition) is 8. The van der Waals surface area contributed by atoms with E-state index in [0.29, 0.717) is 41.1 Å². The minimum absolute atomic E-state index is 0.0453. The average Bonchev–Trinajstić information content (AvgIpc) is 3.09. The van der Waals surface area contributed by atoms with Crippen LogP contribution >= 0.6 is 11.8 Å². The second-order valence-electron chi connectivity index (χ2n) is 11.7. The van der Waals surface area contributed by atoms with Gasteiger partial charge in [0.25, 0.3) is 11.8 Å². The summed E-state index contributed by atoms with van der Waals surface area (Å²) >= 11 is 1.31. The molecular weight excluding hydrogens is 649 g/mol. The molecule has 4 aromatic rings. The quantitative estimate of drug-likeness (QED) is 0.269. The first-order valence-corrected chi connectivity index (χ1v) is 16.7. The Bertz CT molecular complexity index is 1890. The van der Waals surface area contributed by atoms with Crippen LogP contribution in [0, 0.1) is 5.82 Å². The minimum Gasteiger partial charge on any atom is -0.488 e. The number of carbonyl (C=O) groups is 4. The lowest BCUT2D eigenvalue weighted by Gasteiger charge is -2.39. The van der Waals surface area contributed by atoms with Crippen LogP contribution in [0.5, 0.6) is 11.5 Å². The van der Waals surface area contributed by atoms with Gasteiger partial charge in [0.05, 0.1) is 23.0 Å². The molecule has 2 aliphatic heterocycles. The van der Waals surface area contributed by atoms with Crippen molar-refractivity contribution in [1.29, 1.82) is 0 Å². The molecule has 11 nitrogen and oxygen atoms in total. The first-order chi connectivity index (χ1) is 23.7. The van der Waals surface area contributed by atoms with E-state index in [1.165, 1.54) is 37.0 Å². The molecule has 252 valence electrons. The number of thioether (sulfide) groups is 1. The third-order valence-electron chi connectivity index (χ3n) is 8.01. The number of nitrogens with zero attached hydrogens (tertiary/aromatic N) is 2. The van der Waals surface area contributed by atoms with Crippen molar-refractivity contribution in [3.05, 3.63) is 102 Å². The van der Waals surface area contributed by atoms with Gasteiger partial charge in [-0.3, -0.25) is 24.2 Å². The summed E-state index contributed by atoms with van der Waals surface area (Å²) in [6, 6.07) is 19.6. The summed E-state index contributed by atoms with van der Waals surface area (Å²) in [6.07, 6.45) is 2.83. The van der Waals surface area contributed by atoms with Gasteiger partial charge in [-0.25, -0.2) is 4.39 Å². The zero-order chi connectivity index (χ0) is 34.3. The van der Waals surface area contributed by atoms with Gasteiger partial charge in [0.15, 0.2) is 6.61 Å². The highest BCUT2D eigenvalue weighted by Crippen LogP contribution is 2.29. The van der Waals surface area contributed by atoms with Crippen LogP contribution in [0.4, 0.5) is 10.1 Å². The molecule has 1 fully saturated rings. The lowest BCUT2D eigenvalue weighted by molar-refractivity contribution is -0.130. The third kappa shape index (κ3) is 8.73. The van der Waals surface area contributed by atoms with E-state index in [0.717, 1.165) is 10.5 Å². The number of para-hydroxylation sites is 1. The van der Waals surface area contributed by atoms with Crippen molar-refractivity contribution in [2.45, 2.75) is 36.9 Å². The maximum absolute atomic E-state index is 14.7. The number of fused-ring (bicyclic) bond motifs is 8. The number of nitrogens with one attached hydrogen (secondary N) is 3. The fourth-order valence-corrected chi connectivity index (χ4v) is 6.57. The highest BCUT2D eigenvalue weighted by Gasteiger charge is 2.34. The van der Waals surface area contributed by atoms with Gasteiger partial charge in [-0.1, -0.05) is 24.3 Å². The molecule has 3 heterocycles. The molecule has 6 bridgehead atoms. The maximum atomic E-state index is 14.7. The molecule has 0 spiro atoms. The van der Waals surface area contributed by atoms with Crippen molar-refractivity contribution < 1.29 is 33.0 Å². The zero-order valence-corrected chi connectivity index (χ0v) is 27.4. The van der Waals surface area contributed by atoms with E-state index in [9.17, 15) is 23.6 Å². The Kier molecular flexibility index (Phi) is 10.4. The highest BCUT2D eigenvalue weighted by molar-refractivity contribution is 8.00. The van der Waals surface area contributed by atoms with Gasteiger partial charge in [0.1, 0.15) is 23.4 Å². The summed E-state index contributed by atoms with van der Waals surface area (Å²) in [5.41, 5.74) is 2.79. The normalized spacial score (nSPS) is 17.8. The topological polar surface area (TPSA) is 139 Å². The minimum atomic E-state index is -0.657. The summed E-state index contributed by atoms with van der Waals surface area (Å²) in [5, 5.41) is 8.57. The van der Waals surface area contributed by atoms with Gasteiger partial charge in [-0.15, -0.1) is 11.8 Å². The van der Waals surface area contributed by atoms with Crippen molar-refractivity contribution >= 4 is 41.1 Å². The Hall–Kier alpha value is -5.43. The number of hydrogen-bond donors (Lipinski definition) is 3. The Labute approximate surface area is 286 Å². The number of pyridine rings is 1. The van der Waals surface area contributed by atoms with Crippen molar-refractivity contribution in [1.82, 2.24) is 20.5 Å². The standard InChI is InChI=1S/C36H34FN5O6S/c1-22(43)40-30-7-2-3-8-33(30)49-21-35(45)42-10-9-32-31(19-42)41-36(46)26-13-25(17-38-18-26)24-5-4-6-28(14-24)47-20-34(44)39-16-23-11-27(37)15-29(12-23)48-32/h2-8,11-15,17-18,31-32H,9-10,16,19-21H2,1H3,(H,39,44)(H,40,43)(H,41,46)/t31-,32+/m1/s1. The van der Waals surface area contributed by atoms with Crippen LogP contribution in [0.15, 0.2) is 90.1 Å². The fourth-order valence-electron chi connectivity index (χ4n) is 5.66. The van der Waals surface area contributed by atoms with Gasteiger partial charge >= 0.3 is 0 Å².